The highest BCUT2D eigenvalue weighted by atomic mass is 35.5. The van der Waals surface area contributed by atoms with Crippen molar-refractivity contribution in [3.63, 3.8) is 0 Å². The van der Waals surface area contributed by atoms with Gasteiger partial charge in [0.1, 0.15) is 5.82 Å². The van der Waals surface area contributed by atoms with Crippen molar-refractivity contribution in [2.75, 3.05) is 0 Å². The van der Waals surface area contributed by atoms with E-state index in [0.717, 1.165) is 12.0 Å². The maximum Gasteiger partial charge on any atom is 0.123 e. The molecular formula is C13H19ClFN. The molecule has 2 unspecified atom stereocenters. The maximum absolute atomic E-state index is 13.1. The third-order valence-electron chi connectivity index (χ3n) is 3.00. The average Bonchev–Trinajstić information content (AvgIpc) is 2.18. The molecule has 2 atom stereocenters. The first-order valence-electron chi connectivity index (χ1n) is 5.61. The summed E-state index contributed by atoms with van der Waals surface area (Å²) in [7, 11) is 0. The molecule has 0 aliphatic rings. The SMILES string of the molecule is CC(C)C(Cc1cc(F)ccc1Cl)C(C)N. The lowest BCUT2D eigenvalue weighted by Gasteiger charge is -2.25. The van der Waals surface area contributed by atoms with Crippen molar-refractivity contribution in [2.24, 2.45) is 17.6 Å². The van der Waals surface area contributed by atoms with Crippen molar-refractivity contribution >= 4 is 11.6 Å². The van der Waals surface area contributed by atoms with E-state index in [-0.39, 0.29) is 11.9 Å². The summed E-state index contributed by atoms with van der Waals surface area (Å²) in [4.78, 5) is 0. The molecule has 3 heteroatoms. The van der Waals surface area contributed by atoms with Gasteiger partial charge in [0.2, 0.25) is 0 Å². The van der Waals surface area contributed by atoms with Crippen LogP contribution in [-0.4, -0.2) is 6.04 Å². The topological polar surface area (TPSA) is 26.0 Å². The van der Waals surface area contributed by atoms with Crippen LogP contribution in [0.1, 0.15) is 26.3 Å². The molecule has 0 aromatic heterocycles. The van der Waals surface area contributed by atoms with Crippen molar-refractivity contribution in [3.05, 3.63) is 34.6 Å². The summed E-state index contributed by atoms with van der Waals surface area (Å²) in [5.41, 5.74) is 6.78. The predicted molar refractivity (Wildman–Crippen MR) is 67.1 cm³/mol. The third-order valence-corrected chi connectivity index (χ3v) is 3.36. The van der Waals surface area contributed by atoms with Crippen LogP contribution in [0, 0.1) is 17.7 Å². The van der Waals surface area contributed by atoms with Gasteiger partial charge in [-0.2, -0.15) is 0 Å². The van der Waals surface area contributed by atoms with Gasteiger partial charge in [0, 0.05) is 11.1 Å². The number of benzene rings is 1. The van der Waals surface area contributed by atoms with E-state index in [4.69, 9.17) is 17.3 Å². The molecule has 1 aromatic rings. The molecule has 1 nitrogen and oxygen atoms in total. The molecule has 90 valence electrons. The second-order valence-electron chi connectivity index (χ2n) is 4.71. The molecule has 0 amide bonds. The summed E-state index contributed by atoms with van der Waals surface area (Å²) in [6.07, 6.45) is 0.728. The van der Waals surface area contributed by atoms with Gasteiger partial charge in [0.25, 0.3) is 0 Å². The van der Waals surface area contributed by atoms with Gasteiger partial charge < -0.3 is 5.73 Å². The van der Waals surface area contributed by atoms with Crippen molar-refractivity contribution in [3.8, 4) is 0 Å². The van der Waals surface area contributed by atoms with Crippen LogP contribution in [0.4, 0.5) is 4.39 Å². The van der Waals surface area contributed by atoms with Crippen LogP contribution in [-0.2, 0) is 6.42 Å². The predicted octanol–water partition coefficient (Wildman–Crippen LogP) is 3.64. The van der Waals surface area contributed by atoms with Crippen LogP contribution in [0.3, 0.4) is 0 Å². The summed E-state index contributed by atoms with van der Waals surface area (Å²) in [6.45, 7) is 6.24. The molecule has 0 bridgehead atoms. The van der Waals surface area contributed by atoms with Crippen LogP contribution in [0.15, 0.2) is 18.2 Å². The molecule has 0 saturated heterocycles. The maximum atomic E-state index is 13.1. The zero-order valence-corrected chi connectivity index (χ0v) is 10.8. The van der Waals surface area contributed by atoms with Gasteiger partial charge >= 0.3 is 0 Å². The van der Waals surface area contributed by atoms with E-state index in [1.54, 1.807) is 6.07 Å². The van der Waals surface area contributed by atoms with Crippen LogP contribution >= 0.6 is 11.6 Å². The van der Waals surface area contributed by atoms with Crippen molar-refractivity contribution in [2.45, 2.75) is 33.2 Å². The van der Waals surface area contributed by atoms with Crippen molar-refractivity contribution in [1.29, 1.82) is 0 Å². The molecule has 0 fully saturated rings. The molecular weight excluding hydrogens is 225 g/mol. The number of hydrogen-bond acceptors (Lipinski definition) is 1. The Morgan fingerprint density at radius 3 is 2.44 bits per heavy atom. The van der Waals surface area contributed by atoms with Gasteiger partial charge in [-0.3, -0.25) is 0 Å². The number of halogens is 2. The summed E-state index contributed by atoms with van der Waals surface area (Å²) < 4.78 is 13.1. The molecule has 0 aliphatic carbocycles. The number of hydrogen-bond donors (Lipinski definition) is 1. The fourth-order valence-electron chi connectivity index (χ4n) is 1.98. The molecule has 1 aromatic carbocycles. The minimum Gasteiger partial charge on any atom is -0.328 e. The highest BCUT2D eigenvalue weighted by Crippen LogP contribution is 2.25. The van der Waals surface area contributed by atoms with Crippen LogP contribution in [0.2, 0.25) is 5.02 Å². The normalized spacial score (nSPS) is 15.2. The fourth-order valence-corrected chi connectivity index (χ4v) is 2.18. The lowest BCUT2D eigenvalue weighted by molar-refractivity contribution is 0.329. The first kappa shape index (κ1) is 13.5. The zero-order valence-electron chi connectivity index (χ0n) is 10.0. The monoisotopic (exact) mass is 243 g/mol. The Morgan fingerprint density at radius 2 is 1.94 bits per heavy atom. The van der Waals surface area contributed by atoms with Gasteiger partial charge in [-0.25, -0.2) is 4.39 Å². The molecule has 2 N–H and O–H groups in total. The standard InChI is InChI=1S/C13H19ClFN/c1-8(2)12(9(3)16)7-10-6-11(15)4-5-13(10)14/h4-6,8-9,12H,7,16H2,1-3H3. The Bertz CT molecular complexity index is 342. The van der Waals surface area contributed by atoms with E-state index < -0.39 is 0 Å². The zero-order chi connectivity index (χ0) is 12.3. The van der Waals surface area contributed by atoms with Crippen molar-refractivity contribution < 1.29 is 4.39 Å². The van der Waals surface area contributed by atoms with Gasteiger partial charge in [0.05, 0.1) is 0 Å². The Labute approximate surface area is 102 Å². The van der Waals surface area contributed by atoms with Crippen molar-refractivity contribution in [1.82, 2.24) is 0 Å². The highest BCUT2D eigenvalue weighted by Gasteiger charge is 2.19. The smallest absolute Gasteiger partial charge is 0.123 e. The first-order valence-corrected chi connectivity index (χ1v) is 5.99. The second kappa shape index (κ2) is 5.65. The molecule has 0 radical (unpaired) electrons. The lowest BCUT2D eigenvalue weighted by atomic mass is 9.84. The number of nitrogens with two attached hydrogens (primary N) is 1. The minimum absolute atomic E-state index is 0.0827. The second-order valence-corrected chi connectivity index (χ2v) is 5.11. The van der Waals surface area contributed by atoms with E-state index in [0.29, 0.717) is 16.9 Å². The average molecular weight is 244 g/mol. The lowest BCUT2D eigenvalue weighted by Crippen LogP contribution is -2.32. The van der Waals surface area contributed by atoms with E-state index in [1.807, 2.05) is 6.92 Å². The summed E-state index contributed by atoms with van der Waals surface area (Å²) in [5.74, 6) is 0.533. The Balaban J connectivity index is 2.89. The summed E-state index contributed by atoms with van der Waals surface area (Å²) in [6, 6.07) is 4.56. The van der Waals surface area contributed by atoms with E-state index in [1.165, 1.54) is 12.1 Å². The quantitative estimate of drug-likeness (QED) is 0.859. The van der Waals surface area contributed by atoms with E-state index in [9.17, 15) is 4.39 Å². The van der Waals surface area contributed by atoms with Gasteiger partial charge in [-0.1, -0.05) is 25.4 Å². The van der Waals surface area contributed by atoms with E-state index in [2.05, 4.69) is 13.8 Å². The van der Waals surface area contributed by atoms with Crippen LogP contribution in [0.25, 0.3) is 0 Å². The highest BCUT2D eigenvalue weighted by molar-refractivity contribution is 6.31. The van der Waals surface area contributed by atoms with Gasteiger partial charge in [0.15, 0.2) is 0 Å². The minimum atomic E-state index is -0.244. The van der Waals surface area contributed by atoms with Crippen LogP contribution < -0.4 is 5.73 Å². The molecule has 0 spiro atoms. The largest absolute Gasteiger partial charge is 0.328 e. The van der Waals surface area contributed by atoms with Gasteiger partial charge in [-0.15, -0.1) is 0 Å². The molecule has 16 heavy (non-hydrogen) atoms. The summed E-state index contributed by atoms with van der Waals surface area (Å²) >= 11 is 6.04. The molecule has 0 heterocycles. The van der Waals surface area contributed by atoms with E-state index >= 15 is 0 Å². The van der Waals surface area contributed by atoms with Gasteiger partial charge in [-0.05, 0) is 48.9 Å². The third kappa shape index (κ3) is 3.46. The molecule has 0 saturated carbocycles. The Morgan fingerprint density at radius 1 is 1.31 bits per heavy atom. The fraction of sp³-hybridized carbons (Fsp3) is 0.538. The molecule has 1 rings (SSSR count). The Kier molecular flexibility index (Phi) is 4.75. The number of rotatable bonds is 4. The molecule has 0 aliphatic heterocycles. The summed E-state index contributed by atoms with van der Waals surface area (Å²) in [5, 5.41) is 0.618. The van der Waals surface area contributed by atoms with Crippen LogP contribution in [0.5, 0.6) is 0 Å². The Hall–Kier alpha value is -0.600. The first-order chi connectivity index (χ1) is 7.41.